The lowest BCUT2D eigenvalue weighted by Gasteiger charge is -2.27. The van der Waals surface area contributed by atoms with E-state index in [0.717, 1.165) is 19.2 Å². The Morgan fingerprint density at radius 3 is 2.32 bits per heavy atom. The van der Waals surface area contributed by atoms with Crippen LogP contribution in [0, 0.1) is 11.7 Å². The Morgan fingerprint density at radius 2 is 1.79 bits per heavy atom. The highest BCUT2D eigenvalue weighted by Crippen LogP contribution is 2.38. The van der Waals surface area contributed by atoms with Crippen molar-refractivity contribution in [2.24, 2.45) is 5.92 Å². The molecule has 0 spiro atoms. The lowest BCUT2D eigenvalue weighted by Crippen LogP contribution is -2.45. The molecule has 0 saturated heterocycles. The summed E-state index contributed by atoms with van der Waals surface area (Å²) >= 11 is 0. The number of carbonyl (C=O) groups excluding carboxylic acids is 2. The molecule has 0 aromatic heterocycles. The van der Waals surface area contributed by atoms with Crippen LogP contribution in [-0.2, 0) is 14.3 Å². The fourth-order valence-electron chi connectivity index (χ4n) is 3.44. The number of alkyl halides is 3. The van der Waals surface area contributed by atoms with Crippen molar-refractivity contribution in [3.05, 3.63) is 53.3 Å². The van der Waals surface area contributed by atoms with Crippen molar-refractivity contribution < 1.29 is 41.4 Å². The molecule has 2 unspecified atom stereocenters. The van der Waals surface area contributed by atoms with E-state index in [-0.39, 0.29) is 41.6 Å². The predicted molar refractivity (Wildman–Crippen MR) is 117 cm³/mol. The van der Waals surface area contributed by atoms with Crippen molar-refractivity contribution in [1.29, 1.82) is 0 Å². The number of carbonyl (C=O) groups is 2. The maximum Gasteiger partial charge on any atom is 0.407 e. The molecule has 10 heteroatoms. The molecule has 0 aliphatic carbocycles. The SMILES string of the molecule is COCOc1ccc(C=O)cc1-c1ccc(C(NC(CC(C)C)C(=O)OC)C(F)(F)F)cc1F. The van der Waals surface area contributed by atoms with Gasteiger partial charge in [-0.25, -0.2) is 4.39 Å². The Bertz CT molecular complexity index is 994. The first kappa shape index (κ1) is 27.3. The van der Waals surface area contributed by atoms with Gasteiger partial charge in [-0.1, -0.05) is 26.0 Å². The van der Waals surface area contributed by atoms with Crippen LogP contribution in [0.1, 0.15) is 42.2 Å². The van der Waals surface area contributed by atoms with Gasteiger partial charge in [0.1, 0.15) is 29.9 Å². The Labute approximate surface area is 195 Å². The first-order valence-electron chi connectivity index (χ1n) is 10.4. The van der Waals surface area contributed by atoms with Crippen molar-refractivity contribution >= 4 is 12.3 Å². The molecular formula is C24H27F4NO5. The minimum absolute atomic E-state index is 0.0637. The molecule has 6 nitrogen and oxygen atoms in total. The molecule has 0 saturated carbocycles. The van der Waals surface area contributed by atoms with Gasteiger partial charge in [0.2, 0.25) is 0 Å². The summed E-state index contributed by atoms with van der Waals surface area (Å²) < 4.78 is 71.8. The van der Waals surface area contributed by atoms with Gasteiger partial charge in [-0.2, -0.15) is 13.2 Å². The second-order valence-electron chi connectivity index (χ2n) is 8.01. The number of halogens is 4. The van der Waals surface area contributed by atoms with Gasteiger partial charge in [-0.15, -0.1) is 0 Å². The summed E-state index contributed by atoms with van der Waals surface area (Å²) in [7, 11) is 2.48. The quantitative estimate of drug-likeness (QED) is 0.207. The van der Waals surface area contributed by atoms with E-state index in [0.29, 0.717) is 6.29 Å². The number of hydrogen-bond donors (Lipinski definition) is 1. The van der Waals surface area contributed by atoms with E-state index < -0.39 is 35.6 Å². The van der Waals surface area contributed by atoms with Crippen LogP contribution in [0.25, 0.3) is 11.1 Å². The smallest absolute Gasteiger partial charge is 0.407 e. The highest BCUT2D eigenvalue weighted by molar-refractivity contribution is 5.82. The zero-order valence-electron chi connectivity index (χ0n) is 19.2. The van der Waals surface area contributed by atoms with Gasteiger partial charge in [0.25, 0.3) is 0 Å². The normalized spacial score (nSPS) is 13.4. The molecular weight excluding hydrogens is 458 g/mol. The highest BCUT2D eigenvalue weighted by Gasteiger charge is 2.43. The number of benzene rings is 2. The van der Waals surface area contributed by atoms with Gasteiger partial charge in [-0.05, 0) is 42.2 Å². The summed E-state index contributed by atoms with van der Waals surface area (Å²) in [6.07, 6.45) is -4.17. The molecule has 0 bridgehead atoms. The molecule has 34 heavy (non-hydrogen) atoms. The number of hydrogen-bond acceptors (Lipinski definition) is 6. The van der Waals surface area contributed by atoms with E-state index in [2.05, 4.69) is 10.1 Å². The van der Waals surface area contributed by atoms with Crippen molar-refractivity contribution in [2.45, 2.75) is 38.5 Å². The van der Waals surface area contributed by atoms with Gasteiger partial charge in [0, 0.05) is 23.8 Å². The number of esters is 1. The van der Waals surface area contributed by atoms with Crippen LogP contribution in [0.4, 0.5) is 17.6 Å². The monoisotopic (exact) mass is 485 g/mol. The van der Waals surface area contributed by atoms with E-state index in [1.807, 2.05) is 0 Å². The fourth-order valence-corrected chi connectivity index (χ4v) is 3.44. The molecule has 0 aliphatic rings. The fraction of sp³-hybridized carbons (Fsp3) is 0.417. The van der Waals surface area contributed by atoms with Gasteiger partial charge in [0.15, 0.2) is 6.79 Å². The lowest BCUT2D eigenvalue weighted by atomic mass is 9.96. The van der Waals surface area contributed by atoms with E-state index in [9.17, 15) is 22.8 Å². The molecule has 1 N–H and O–H groups in total. The number of rotatable bonds is 11. The van der Waals surface area contributed by atoms with Crippen LogP contribution in [0.3, 0.4) is 0 Å². The minimum Gasteiger partial charge on any atom is -0.468 e. The third-order valence-corrected chi connectivity index (χ3v) is 4.98. The third kappa shape index (κ3) is 7.01. The van der Waals surface area contributed by atoms with E-state index >= 15 is 4.39 Å². The summed E-state index contributed by atoms with van der Waals surface area (Å²) in [6.45, 7) is 3.36. The van der Waals surface area contributed by atoms with Gasteiger partial charge in [0.05, 0.1) is 7.11 Å². The molecule has 0 aliphatic heterocycles. The van der Waals surface area contributed by atoms with E-state index in [4.69, 9.17) is 9.47 Å². The Balaban J connectivity index is 2.50. The molecule has 0 amide bonds. The number of aldehydes is 1. The zero-order chi connectivity index (χ0) is 25.5. The van der Waals surface area contributed by atoms with Crippen molar-refractivity contribution in [2.75, 3.05) is 21.0 Å². The molecule has 186 valence electrons. The maximum absolute atomic E-state index is 15.1. The summed E-state index contributed by atoms with van der Waals surface area (Å²) in [4.78, 5) is 23.2. The second-order valence-corrected chi connectivity index (χ2v) is 8.01. The summed E-state index contributed by atoms with van der Waals surface area (Å²) in [5.74, 6) is -1.71. The van der Waals surface area contributed by atoms with Gasteiger partial charge in [-0.3, -0.25) is 14.9 Å². The summed E-state index contributed by atoms with van der Waals surface area (Å²) in [5.41, 5.74) is -0.0781. The second kappa shape index (κ2) is 11.9. The Hall–Kier alpha value is -2.98. The first-order chi connectivity index (χ1) is 16.0. The molecule has 2 aromatic carbocycles. The largest absolute Gasteiger partial charge is 0.468 e. The van der Waals surface area contributed by atoms with Crippen molar-refractivity contribution in [3.63, 3.8) is 0 Å². The van der Waals surface area contributed by atoms with E-state index in [1.165, 1.54) is 31.4 Å². The molecule has 0 heterocycles. The topological polar surface area (TPSA) is 73.9 Å². The molecule has 0 fully saturated rings. The number of methoxy groups -OCH3 is 2. The predicted octanol–water partition coefficient (Wildman–Crippen LogP) is 5.07. The lowest BCUT2D eigenvalue weighted by molar-refractivity contribution is -0.164. The van der Waals surface area contributed by atoms with Crippen LogP contribution in [0.15, 0.2) is 36.4 Å². The van der Waals surface area contributed by atoms with Crippen LogP contribution in [0.2, 0.25) is 0 Å². The van der Waals surface area contributed by atoms with E-state index in [1.54, 1.807) is 13.8 Å². The third-order valence-electron chi connectivity index (χ3n) is 4.98. The van der Waals surface area contributed by atoms with Crippen LogP contribution in [-0.4, -0.2) is 45.5 Å². The molecule has 2 atom stereocenters. The van der Waals surface area contributed by atoms with Crippen LogP contribution >= 0.6 is 0 Å². The van der Waals surface area contributed by atoms with Crippen LogP contribution < -0.4 is 10.1 Å². The van der Waals surface area contributed by atoms with Crippen molar-refractivity contribution in [3.8, 4) is 16.9 Å². The Kier molecular flexibility index (Phi) is 9.57. The Morgan fingerprint density at radius 1 is 1.09 bits per heavy atom. The first-order valence-corrected chi connectivity index (χ1v) is 10.4. The highest BCUT2D eigenvalue weighted by atomic mass is 19.4. The average molecular weight is 485 g/mol. The zero-order valence-corrected chi connectivity index (χ0v) is 19.2. The molecule has 0 radical (unpaired) electrons. The van der Waals surface area contributed by atoms with Gasteiger partial charge < -0.3 is 14.2 Å². The summed E-state index contributed by atoms with van der Waals surface area (Å²) in [6, 6.07) is 3.74. The maximum atomic E-state index is 15.1. The average Bonchev–Trinajstić information content (AvgIpc) is 2.78. The standard InChI is InChI=1S/C24H27F4NO5/c1-14(2)9-20(23(31)33-4)29-22(24(26,27)28)16-6-7-17(19(25)11-16)18-10-15(12-30)5-8-21(18)34-13-32-3/h5-8,10-12,14,20,22,29H,9,13H2,1-4H3. The number of nitrogens with one attached hydrogen (secondary N) is 1. The molecule has 2 aromatic rings. The number of ether oxygens (including phenoxy) is 3. The van der Waals surface area contributed by atoms with Crippen LogP contribution in [0.5, 0.6) is 5.75 Å². The minimum atomic E-state index is -4.82. The van der Waals surface area contributed by atoms with Crippen molar-refractivity contribution in [1.82, 2.24) is 5.32 Å². The summed E-state index contributed by atoms with van der Waals surface area (Å²) in [5, 5.41) is 2.28. The van der Waals surface area contributed by atoms with Gasteiger partial charge >= 0.3 is 12.1 Å². The molecule has 2 rings (SSSR count).